The quantitative estimate of drug-likeness (QED) is 0.815. The first-order chi connectivity index (χ1) is 9.15. The molecular weight excluding hydrogens is 252 g/mol. The first-order valence-electron chi connectivity index (χ1n) is 6.93. The average Bonchev–Trinajstić information content (AvgIpc) is 2.89. The van der Waals surface area contributed by atoms with E-state index in [-0.39, 0.29) is 6.10 Å². The fourth-order valence-electron chi connectivity index (χ4n) is 2.25. The smallest absolute Gasteiger partial charge is 0.0793 e. The SMILES string of the molecule is CC(C)Cc1ccc(C(O)CCc2ccsc2)cc1. The molecule has 19 heavy (non-hydrogen) atoms. The van der Waals surface area contributed by atoms with Gasteiger partial charge in [0.1, 0.15) is 0 Å². The lowest BCUT2D eigenvalue weighted by molar-refractivity contribution is 0.168. The highest BCUT2D eigenvalue weighted by Gasteiger charge is 2.08. The van der Waals surface area contributed by atoms with E-state index in [9.17, 15) is 5.11 Å². The molecule has 1 aromatic carbocycles. The van der Waals surface area contributed by atoms with Crippen LogP contribution in [-0.2, 0) is 12.8 Å². The largest absolute Gasteiger partial charge is 0.388 e. The third-order valence-corrected chi connectivity index (χ3v) is 4.03. The van der Waals surface area contributed by atoms with Gasteiger partial charge in [-0.1, -0.05) is 38.1 Å². The summed E-state index contributed by atoms with van der Waals surface area (Å²) < 4.78 is 0. The Hall–Kier alpha value is -1.12. The Kier molecular flexibility index (Phi) is 5.17. The summed E-state index contributed by atoms with van der Waals surface area (Å²) >= 11 is 1.71. The molecule has 2 aromatic rings. The Morgan fingerprint density at radius 3 is 2.37 bits per heavy atom. The third kappa shape index (κ3) is 4.48. The summed E-state index contributed by atoms with van der Waals surface area (Å²) in [5, 5.41) is 14.4. The van der Waals surface area contributed by atoms with Crippen molar-refractivity contribution in [3.8, 4) is 0 Å². The van der Waals surface area contributed by atoms with Crippen LogP contribution >= 0.6 is 11.3 Å². The van der Waals surface area contributed by atoms with E-state index in [4.69, 9.17) is 0 Å². The van der Waals surface area contributed by atoms with Crippen molar-refractivity contribution in [3.63, 3.8) is 0 Å². The predicted molar refractivity (Wildman–Crippen MR) is 82.6 cm³/mol. The minimum Gasteiger partial charge on any atom is -0.388 e. The van der Waals surface area contributed by atoms with Gasteiger partial charge < -0.3 is 5.11 Å². The van der Waals surface area contributed by atoms with Crippen molar-refractivity contribution in [1.82, 2.24) is 0 Å². The summed E-state index contributed by atoms with van der Waals surface area (Å²) in [6.45, 7) is 4.45. The van der Waals surface area contributed by atoms with Gasteiger partial charge in [-0.2, -0.15) is 11.3 Å². The van der Waals surface area contributed by atoms with Gasteiger partial charge in [-0.15, -0.1) is 0 Å². The Morgan fingerprint density at radius 2 is 1.79 bits per heavy atom. The van der Waals surface area contributed by atoms with E-state index in [2.05, 4.69) is 54.9 Å². The maximum atomic E-state index is 10.2. The number of benzene rings is 1. The maximum Gasteiger partial charge on any atom is 0.0793 e. The van der Waals surface area contributed by atoms with Crippen LogP contribution in [0.2, 0.25) is 0 Å². The second-order valence-electron chi connectivity index (χ2n) is 5.53. The first-order valence-corrected chi connectivity index (χ1v) is 7.87. The Morgan fingerprint density at radius 1 is 1.05 bits per heavy atom. The zero-order valence-electron chi connectivity index (χ0n) is 11.7. The van der Waals surface area contributed by atoms with Gasteiger partial charge in [0, 0.05) is 0 Å². The van der Waals surface area contributed by atoms with Gasteiger partial charge in [-0.25, -0.2) is 0 Å². The van der Waals surface area contributed by atoms with Crippen molar-refractivity contribution in [2.45, 2.75) is 39.2 Å². The van der Waals surface area contributed by atoms with Gasteiger partial charge in [0.25, 0.3) is 0 Å². The van der Waals surface area contributed by atoms with E-state index in [0.29, 0.717) is 5.92 Å². The van der Waals surface area contributed by atoms with Crippen LogP contribution in [0.15, 0.2) is 41.1 Å². The third-order valence-electron chi connectivity index (χ3n) is 3.29. The van der Waals surface area contributed by atoms with Crippen molar-refractivity contribution in [2.75, 3.05) is 0 Å². The van der Waals surface area contributed by atoms with Crippen LogP contribution in [-0.4, -0.2) is 5.11 Å². The fraction of sp³-hybridized carbons (Fsp3) is 0.412. The number of hydrogen-bond acceptors (Lipinski definition) is 2. The summed E-state index contributed by atoms with van der Waals surface area (Å²) in [7, 11) is 0. The number of aryl methyl sites for hydroxylation is 1. The standard InChI is InChI=1S/C17H22OS/c1-13(2)11-14-3-6-16(7-4-14)17(18)8-5-15-9-10-19-12-15/h3-4,6-7,9-10,12-13,17-18H,5,8,11H2,1-2H3. The van der Waals surface area contributed by atoms with Crippen LogP contribution in [0.5, 0.6) is 0 Å². The number of thiophene rings is 1. The summed E-state index contributed by atoms with van der Waals surface area (Å²) in [5.74, 6) is 0.675. The van der Waals surface area contributed by atoms with Gasteiger partial charge in [0.15, 0.2) is 0 Å². The highest BCUT2D eigenvalue weighted by atomic mass is 32.1. The molecule has 0 amide bonds. The zero-order chi connectivity index (χ0) is 13.7. The van der Waals surface area contributed by atoms with Gasteiger partial charge in [0.2, 0.25) is 0 Å². The molecular formula is C17H22OS. The molecule has 1 aromatic heterocycles. The summed E-state index contributed by atoms with van der Waals surface area (Å²) in [4.78, 5) is 0. The Bertz CT molecular complexity index is 470. The van der Waals surface area contributed by atoms with Crippen molar-refractivity contribution < 1.29 is 5.11 Å². The van der Waals surface area contributed by atoms with Crippen molar-refractivity contribution in [3.05, 3.63) is 57.8 Å². The van der Waals surface area contributed by atoms with Crippen LogP contribution in [0.1, 0.15) is 43.1 Å². The van der Waals surface area contributed by atoms with E-state index in [1.54, 1.807) is 11.3 Å². The van der Waals surface area contributed by atoms with Crippen LogP contribution in [0.4, 0.5) is 0 Å². The molecule has 1 nitrogen and oxygen atoms in total. The molecule has 1 atom stereocenters. The normalized spacial score (nSPS) is 12.8. The fourth-order valence-corrected chi connectivity index (χ4v) is 2.96. The van der Waals surface area contributed by atoms with E-state index in [1.807, 2.05) is 0 Å². The molecule has 0 aliphatic rings. The molecule has 0 aliphatic heterocycles. The minimum atomic E-state index is -0.354. The number of rotatable bonds is 6. The number of aliphatic hydroxyl groups excluding tert-OH is 1. The Balaban J connectivity index is 1.90. The molecule has 0 spiro atoms. The predicted octanol–water partition coefficient (Wildman–Crippen LogP) is 4.61. The van der Waals surface area contributed by atoms with Gasteiger partial charge in [-0.05, 0) is 58.7 Å². The highest BCUT2D eigenvalue weighted by molar-refractivity contribution is 7.07. The lowest BCUT2D eigenvalue weighted by Gasteiger charge is -2.12. The summed E-state index contributed by atoms with van der Waals surface area (Å²) in [6, 6.07) is 10.5. The van der Waals surface area contributed by atoms with Crippen molar-refractivity contribution in [1.29, 1.82) is 0 Å². The van der Waals surface area contributed by atoms with Gasteiger partial charge >= 0.3 is 0 Å². The molecule has 102 valence electrons. The highest BCUT2D eigenvalue weighted by Crippen LogP contribution is 2.21. The van der Waals surface area contributed by atoms with Crippen LogP contribution in [0.25, 0.3) is 0 Å². The van der Waals surface area contributed by atoms with Gasteiger partial charge in [0.05, 0.1) is 6.10 Å². The molecule has 0 radical (unpaired) electrons. The number of hydrogen-bond donors (Lipinski definition) is 1. The van der Waals surface area contributed by atoms with Crippen LogP contribution < -0.4 is 0 Å². The molecule has 1 N–H and O–H groups in total. The van der Waals surface area contributed by atoms with Crippen LogP contribution in [0.3, 0.4) is 0 Å². The van der Waals surface area contributed by atoms with Crippen molar-refractivity contribution in [2.24, 2.45) is 5.92 Å². The maximum absolute atomic E-state index is 10.2. The van der Waals surface area contributed by atoms with E-state index < -0.39 is 0 Å². The molecule has 1 unspecified atom stereocenters. The topological polar surface area (TPSA) is 20.2 Å². The lowest BCUT2D eigenvalue weighted by Crippen LogP contribution is -2.00. The van der Waals surface area contributed by atoms with E-state index in [1.165, 1.54) is 11.1 Å². The molecule has 2 rings (SSSR count). The molecule has 1 heterocycles. The molecule has 0 aliphatic carbocycles. The Labute approximate surface area is 119 Å². The first kappa shape index (κ1) is 14.3. The average molecular weight is 274 g/mol. The van der Waals surface area contributed by atoms with E-state index >= 15 is 0 Å². The zero-order valence-corrected chi connectivity index (χ0v) is 12.5. The summed E-state index contributed by atoms with van der Waals surface area (Å²) in [5.41, 5.74) is 3.70. The summed E-state index contributed by atoms with van der Waals surface area (Å²) in [6.07, 6.45) is 2.48. The van der Waals surface area contributed by atoms with Crippen molar-refractivity contribution >= 4 is 11.3 Å². The molecule has 2 heteroatoms. The molecule has 0 saturated carbocycles. The minimum absolute atomic E-state index is 0.354. The van der Waals surface area contributed by atoms with E-state index in [0.717, 1.165) is 24.8 Å². The lowest BCUT2D eigenvalue weighted by atomic mass is 9.98. The molecule has 0 fully saturated rings. The monoisotopic (exact) mass is 274 g/mol. The molecule has 0 saturated heterocycles. The van der Waals surface area contributed by atoms with Gasteiger partial charge in [-0.3, -0.25) is 0 Å². The molecule has 0 bridgehead atoms. The second-order valence-corrected chi connectivity index (χ2v) is 6.31. The second kappa shape index (κ2) is 6.88. The van der Waals surface area contributed by atoms with Crippen LogP contribution in [0, 0.1) is 5.92 Å². The number of aliphatic hydroxyl groups is 1.